The zero-order valence-electron chi connectivity index (χ0n) is 28.1. The van der Waals surface area contributed by atoms with Gasteiger partial charge in [0, 0.05) is 22.1 Å². The molecule has 2 aliphatic rings. The molecule has 0 amide bonds. The summed E-state index contributed by atoms with van der Waals surface area (Å²) in [7, 11) is 0. The summed E-state index contributed by atoms with van der Waals surface area (Å²) in [5, 5.41) is 2.23. The van der Waals surface area contributed by atoms with Crippen LogP contribution in [0, 0.1) is 0 Å². The predicted octanol–water partition coefficient (Wildman–Crippen LogP) is 11.9. The molecule has 10 rings (SSSR count). The second-order valence-corrected chi connectivity index (χ2v) is 13.6. The molecule has 7 aromatic carbocycles. The lowest BCUT2D eigenvalue weighted by atomic mass is 9.82. The van der Waals surface area contributed by atoms with Crippen molar-refractivity contribution in [3.63, 3.8) is 0 Å². The largest absolute Gasteiger partial charge is 0.449 e. The Morgan fingerprint density at radius 3 is 1.86 bits per heavy atom. The topological polar surface area (TPSA) is 57.1 Å². The number of hydrogen-bond donors (Lipinski definition) is 0. The Balaban J connectivity index is 1.08. The summed E-state index contributed by atoms with van der Waals surface area (Å²) in [4.78, 5) is 15.2. The molecule has 1 aliphatic heterocycles. The third-order valence-electron chi connectivity index (χ3n) is 10.2. The van der Waals surface area contributed by atoms with E-state index >= 15 is 0 Å². The number of ether oxygens (including phenoxy) is 2. The van der Waals surface area contributed by atoms with Gasteiger partial charge in [-0.25, -0.2) is 15.0 Å². The molecule has 0 saturated carbocycles. The van der Waals surface area contributed by atoms with Gasteiger partial charge in [0.05, 0.1) is 0 Å². The molecule has 51 heavy (non-hydrogen) atoms. The van der Waals surface area contributed by atoms with Gasteiger partial charge in [0.15, 0.2) is 40.5 Å². The summed E-state index contributed by atoms with van der Waals surface area (Å²) in [5.41, 5.74) is 9.60. The van der Waals surface area contributed by atoms with Crippen molar-refractivity contribution in [3.05, 3.63) is 163 Å². The summed E-state index contributed by atoms with van der Waals surface area (Å²) in [5.74, 6) is 4.63. The average Bonchev–Trinajstić information content (AvgIpc) is 3.40. The van der Waals surface area contributed by atoms with Gasteiger partial charge in [-0.15, -0.1) is 0 Å². The average molecular weight is 658 g/mol. The Bertz CT molecular complexity index is 2680. The number of fused-ring (bicyclic) bond motifs is 6. The number of rotatable bonds is 4. The maximum Gasteiger partial charge on any atom is 0.170 e. The fraction of sp³-hybridized carbons (Fsp3) is 0.0652. The highest BCUT2D eigenvalue weighted by molar-refractivity contribution is 5.95. The van der Waals surface area contributed by atoms with E-state index in [0.29, 0.717) is 29.0 Å². The van der Waals surface area contributed by atoms with Crippen molar-refractivity contribution in [2.75, 3.05) is 0 Å². The Morgan fingerprint density at radius 2 is 1.00 bits per heavy atom. The highest BCUT2D eigenvalue weighted by Crippen LogP contribution is 2.55. The minimum atomic E-state index is -0.139. The normalized spacial score (nSPS) is 13.4. The van der Waals surface area contributed by atoms with Gasteiger partial charge in [0.25, 0.3) is 0 Å². The maximum atomic E-state index is 6.63. The number of nitrogens with zero attached hydrogens (tertiary/aromatic N) is 3. The van der Waals surface area contributed by atoms with E-state index < -0.39 is 0 Å². The quantitative estimate of drug-likeness (QED) is 0.188. The van der Waals surface area contributed by atoms with Crippen LogP contribution in [0.4, 0.5) is 0 Å². The van der Waals surface area contributed by atoms with E-state index in [9.17, 15) is 0 Å². The molecule has 0 bridgehead atoms. The van der Waals surface area contributed by atoms with Crippen LogP contribution in [-0.4, -0.2) is 15.0 Å². The van der Waals surface area contributed by atoms with E-state index in [1.54, 1.807) is 0 Å². The fourth-order valence-corrected chi connectivity index (χ4v) is 7.63. The number of benzene rings is 7. The van der Waals surface area contributed by atoms with E-state index in [4.69, 9.17) is 24.4 Å². The van der Waals surface area contributed by atoms with Gasteiger partial charge in [0.2, 0.25) is 0 Å². The lowest BCUT2D eigenvalue weighted by Crippen LogP contribution is -2.15. The SMILES string of the molecule is CC1(C)c2ccccc2-c2cc3c(cc21)Oc1cc(-c2ccccc2-c2nc(-c4ccccc4)nc(-c4cccc5ccccc45)n2)ccc1O3. The molecular formula is C46H31N3O2. The van der Waals surface area contributed by atoms with E-state index in [1.807, 2.05) is 48.5 Å². The lowest BCUT2D eigenvalue weighted by Gasteiger charge is -2.25. The highest BCUT2D eigenvalue weighted by atomic mass is 16.6. The lowest BCUT2D eigenvalue weighted by molar-refractivity contribution is 0.359. The molecule has 0 atom stereocenters. The van der Waals surface area contributed by atoms with Gasteiger partial charge in [-0.1, -0.05) is 141 Å². The second kappa shape index (κ2) is 11.2. The zero-order chi connectivity index (χ0) is 34.1. The minimum absolute atomic E-state index is 0.139. The van der Waals surface area contributed by atoms with Crippen LogP contribution in [0.15, 0.2) is 152 Å². The Morgan fingerprint density at radius 1 is 0.392 bits per heavy atom. The smallest absolute Gasteiger partial charge is 0.170 e. The van der Waals surface area contributed by atoms with Gasteiger partial charge in [0.1, 0.15) is 0 Å². The first-order valence-corrected chi connectivity index (χ1v) is 17.2. The first-order valence-electron chi connectivity index (χ1n) is 17.2. The molecule has 8 aromatic rings. The van der Waals surface area contributed by atoms with Crippen LogP contribution in [0.25, 0.3) is 67.2 Å². The van der Waals surface area contributed by atoms with Gasteiger partial charge >= 0.3 is 0 Å². The highest BCUT2D eigenvalue weighted by Gasteiger charge is 2.37. The summed E-state index contributed by atoms with van der Waals surface area (Å²) in [6.07, 6.45) is 0. The monoisotopic (exact) mass is 657 g/mol. The van der Waals surface area contributed by atoms with E-state index in [2.05, 4.69) is 117 Å². The molecule has 242 valence electrons. The van der Waals surface area contributed by atoms with Crippen LogP contribution in [0.3, 0.4) is 0 Å². The molecule has 0 unspecified atom stereocenters. The number of aromatic nitrogens is 3. The molecule has 0 N–H and O–H groups in total. The third kappa shape index (κ3) is 4.73. The number of hydrogen-bond acceptors (Lipinski definition) is 5. The van der Waals surface area contributed by atoms with Gasteiger partial charge in [-0.3, -0.25) is 0 Å². The Labute approximate surface area is 295 Å². The second-order valence-electron chi connectivity index (χ2n) is 13.6. The molecule has 0 radical (unpaired) electrons. The molecule has 0 saturated heterocycles. The van der Waals surface area contributed by atoms with E-state index in [-0.39, 0.29) is 5.41 Å². The first-order chi connectivity index (χ1) is 25.0. The summed E-state index contributed by atoms with van der Waals surface area (Å²) in [6.45, 7) is 4.54. The van der Waals surface area contributed by atoms with Crippen LogP contribution in [0.2, 0.25) is 0 Å². The summed E-state index contributed by atoms with van der Waals surface area (Å²) >= 11 is 0. The van der Waals surface area contributed by atoms with E-state index in [0.717, 1.165) is 50.1 Å². The standard InChI is InChI=1S/C46H31N3O2/c1-46(2)37-22-11-10-19-33(37)36-26-41-42(27-38(36)46)51-40-25-30(23-24-39(40)50-41)32-18-8-9-20-34(32)44-47-43(29-14-4-3-5-15-29)48-45(49-44)35-21-12-16-28-13-6-7-17-31(28)35/h3-27H,1-2H3. The van der Waals surface area contributed by atoms with Crippen LogP contribution < -0.4 is 9.47 Å². The molecule has 0 spiro atoms. The molecule has 5 heteroatoms. The van der Waals surface area contributed by atoms with Gasteiger partial charge in [-0.2, -0.15) is 0 Å². The van der Waals surface area contributed by atoms with Crippen LogP contribution in [0.1, 0.15) is 25.0 Å². The Hall–Kier alpha value is -6.59. The molecular weight excluding hydrogens is 627 g/mol. The van der Waals surface area contributed by atoms with Crippen LogP contribution in [0.5, 0.6) is 23.0 Å². The summed E-state index contributed by atoms with van der Waals surface area (Å²) < 4.78 is 13.1. The maximum absolute atomic E-state index is 6.63. The molecule has 5 nitrogen and oxygen atoms in total. The third-order valence-corrected chi connectivity index (χ3v) is 10.2. The molecule has 1 aromatic heterocycles. The van der Waals surface area contributed by atoms with Crippen molar-refractivity contribution >= 4 is 10.8 Å². The first kappa shape index (κ1) is 29.3. The predicted molar refractivity (Wildman–Crippen MR) is 203 cm³/mol. The van der Waals surface area contributed by atoms with Crippen molar-refractivity contribution in [3.8, 4) is 79.4 Å². The molecule has 2 heterocycles. The minimum Gasteiger partial charge on any atom is -0.449 e. The summed E-state index contributed by atoms with van der Waals surface area (Å²) in [6, 6.07) is 51.9. The Kier molecular flexibility index (Phi) is 6.46. The van der Waals surface area contributed by atoms with Crippen molar-refractivity contribution in [1.82, 2.24) is 15.0 Å². The van der Waals surface area contributed by atoms with Crippen molar-refractivity contribution in [1.29, 1.82) is 0 Å². The molecule has 0 fully saturated rings. The van der Waals surface area contributed by atoms with Crippen LogP contribution in [-0.2, 0) is 5.41 Å². The zero-order valence-corrected chi connectivity index (χ0v) is 28.1. The van der Waals surface area contributed by atoms with Gasteiger partial charge < -0.3 is 9.47 Å². The fourth-order valence-electron chi connectivity index (χ4n) is 7.63. The molecule has 1 aliphatic carbocycles. The van der Waals surface area contributed by atoms with Crippen LogP contribution >= 0.6 is 0 Å². The van der Waals surface area contributed by atoms with E-state index in [1.165, 1.54) is 22.3 Å². The van der Waals surface area contributed by atoms with Crippen molar-refractivity contribution < 1.29 is 9.47 Å². The van der Waals surface area contributed by atoms with Crippen molar-refractivity contribution in [2.45, 2.75) is 19.3 Å². The van der Waals surface area contributed by atoms with Crippen molar-refractivity contribution in [2.24, 2.45) is 0 Å². The van der Waals surface area contributed by atoms with Gasteiger partial charge in [-0.05, 0) is 68.4 Å².